The Kier molecular flexibility index (Phi) is 2.71. The number of hydrogen-bond acceptors (Lipinski definition) is 5. The predicted octanol–water partition coefficient (Wildman–Crippen LogP) is 1.05. The highest BCUT2D eigenvalue weighted by Gasteiger charge is 2.60. The molecule has 4 rings (SSSR count). The van der Waals surface area contributed by atoms with Gasteiger partial charge in [-0.3, -0.25) is 14.4 Å². The average molecular weight is 299 g/mol. The molecule has 3 heterocycles. The number of amides is 2. The highest BCUT2D eigenvalue weighted by atomic mass is 16.5. The second-order valence-electron chi connectivity index (χ2n) is 5.60. The highest BCUT2D eigenvalue weighted by molar-refractivity contribution is 6.23. The lowest BCUT2D eigenvalue weighted by Crippen LogP contribution is -2.34. The number of ether oxygens (including phenoxy) is 2. The summed E-state index contributed by atoms with van der Waals surface area (Å²) in [6, 6.07) is 6.33. The minimum Gasteiger partial charge on any atom is -0.427 e. The smallest absolute Gasteiger partial charge is 0.308 e. The summed E-state index contributed by atoms with van der Waals surface area (Å²) in [6.45, 7) is 1.31. The molecule has 0 aliphatic carbocycles. The van der Waals surface area contributed by atoms with Crippen LogP contribution in [0.25, 0.3) is 0 Å². The second-order valence-corrected chi connectivity index (χ2v) is 5.60. The molecule has 22 heavy (non-hydrogen) atoms. The monoisotopic (exact) mass is 299 g/mol. The van der Waals surface area contributed by atoms with E-state index in [-0.39, 0.29) is 24.0 Å². The number of hydrogen-bond donors (Lipinski definition) is 0. The van der Waals surface area contributed by atoms with Gasteiger partial charge in [-0.15, -0.1) is 0 Å². The van der Waals surface area contributed by atoms with E-state index in [1.54, 1.807) is 24.3 Å². The third-order valence-corrected chi connectivity index (χ3v) is 4.27. The van der Waals surface area contributed by atoms with Crippen LogP contribution >= 0.6 is 0 Å². The zero-order valence-electron chi connectivity index (χ0n) is 11.8. The molecule has 1 aromatic carbocycles. The first-order valence-electron chi connectivity index (χ1n) is 7.06. The van der Waals surface area contributed by atoms with Gasteiger partial charge in [0.2, 0.25) is 11.8 Å². The molecule has 0 unspecified atom stereocenters. The van der Waals surface area contributed by atoms with Crippen LogP contribution < -0.4 is 9.64 Å². The molecule has 0 radical (unpaired) electrons. The van der Waals surface area contributed by atoms with Gasteiger partial charge in [-0.25, -0.2) is 4.90 Å². The van der Waals surface area contributed by atoms with Crippen LogP contribution in [0.5, 0.6) is 5.75 Å². The normalized spacial score (nSPS) is 31.8. The molecule has 6 nitrogen and oxygen atoms in total. The van der Waals surface area contributed by atoms with Crippen molar-refractivity contribution in [3.05, 3.63) is 36.4 Å². The van der Waals surface area contributed by atoms with E-state index in [2.05, 4.69) is 0 Å². The molecule has 6 heteroatoms. The van der Waals surface area contributed by atoms with Crippen LogP contribution in [0, 0.1) is 11.8 Å². The van der Waals surface area contributed by atoms with Gasteiger partial charge >= 0.3 is 5.97 Å². The Morgan fingerprint density at radius 2 is 1.59 bits per heavy atom. The van der Waals surface area contributed by atoms with Crippen molar-refractivity contribution >= 4 is 23.5 Å². The van der Waals surface area contributed by atoms with Gasteiger partial charge in [-0.2, -0.15) is 0 Å². The van der Waals surface area contributed by atoms with Crippen molar-refractivity contribution in [3.63, 3.8) is 0 Å². The van der Waals surface area contributed by atoms with Crippen molar-refractivity contribution < 1.29 is 23.9 Å². The molecule has 3 aliphatic heterocycles. The zero-order valence-corrected chi connectivity index (χ0v) is 11.8. The Morgan fingerprint density at radius 1 is 1.05 bits per heavy atom. The molecule has 3 aliphatic rings. The van der Waals surface area contributed by atoms with E-state index in [0.717, 1.165) is 0 Å². The lowest BCUT2D eigenvalue weighted by atomic mass is 9.85. The predicted molar refractivity (Wildman–Crippen MR) is 75.0 cm³/mol. The van der Waals surface area contributed by atoms with Crippen LogP contribution in [0.4, 0.5) is 5.69 Å². The third kappa shape index (κ3) is 1.74. The second kappa shape index (κ2) is 4.51. The average Bonchev–Trinajstić information content (AvgIpc) is 3.14. The molecule has 4 atom stereocenters. The fraction of sp³-hybridized carbons (Fsp3) is 0.312. The van der Waals surface area contributed by atoms with E-state index in [4.69, 9.17) is 9.47 Å². The van der Waals surface area contributed by atoms with E-state index in [0.29, 0.717) is 11.4 Å². The van der Waals surface area contributed by atoms with Gasteiger partial charge in [0.1, 0.15) is 5.75 Å². The molecule has 112 valence electrons. The number of esters is 1. The van der Waals surface area contributed by atoms with E-state index < -0.39 is 17.8 Å². The molecule has 2 bridgehead atoms. The van der Waals surface area contributed by atoms with Crippen molar-refractivity contribution in [1.82, 2.24) is 0 Å². The van der Waals surface area contributed by atoms with Crippen LogP contribution in [-0.4, -0.2) is 30.0 Å². The van der Waals surface area contributed by atoms with Crippen LogP contribution in [0.1, 0.15) is 6.92 Å². The summed E-state index contributed by atoms with van der Waals surface area (Å²) < 4.78 is 10.5. The Bertz CT molecular complexity index is 678. The molecule has 2 saturated heterocycles. The maximum atomic E-state index is 12.6. The summed E-state index contributed by atoms with van der Waals surface area (Å²) in [6.07, 6.45) is 3.11. The highest BCUT2D eigenvalue weighted by Crippen LogP contribution is 2.46. The molecule has 0 aromatic heterocycles. The maximum Gasteiger partial charge on any atom is 0.308 e. The molecule has 2 fully saturated rings. The largest absolute Gasteiger partial charge is 0.427 e. The number of nitrogens with zero attached hydrogens (tertiary/aromatic N) is 1. The van der Waals surface area contributed by atoms with E-state index in [9.17, 15) is 14.4 Å². The van der Waals surface area contributed by atoms with Gasteiger partial charge in [0.05, 0.1) is 29.7 Å². The van der Waals surface area contributed by atoms with Gasteiger partial charge in [0, 0.05) is 6.92 Å². The fourth-order valence-electron chi connectivity index (χ4n) is 3.39. The number of carbonyl (C=O) groups excluding carboxylic acids is 3. The quantitative estimate of drug-likeness (QED) is 0.353. The van der Waals surface area contributed by atoms with Gasteiger partial charge < -0.3 is 9.47 Å². The molecular weight excluding hydrogens is 286 g/mol. The summed E-state index contributed by atoms with van der Waals surface area (Å²) in [4.78, 5) is 37.2. The number of rotatable bonds is 2. The van der Waals surface area contributed by atoms with E-state index in [1.807, 2.05) is 12.2 Å². The van der Waals surface area contributed by atoms with Crippen LogP contribution in [0.15, 0.2) is 36.4 Å². The van der Waals surface area contributed by atoms with Crippen molar-refractivity contribution in [2.45, 2.75) is 19.1 Å². The number of fused-ring (bicyclic) bond motifs is 5. The first-order chi connectivity index (χ1) is 10.6. The first kappa shape index (κ1) is 13.2. The molecule has 1 aromatic rings. The minimum atomic E-state index is -0.421. The van der Waals surface area contributed by atoms with Crippen molar-refractivity contribution in [2.75, 3.05) is 4.90 Å². The lowest BCUT2D eigenvalue weighted by molar-refractivity contribution is -0.132. The van der Waals surface area contributed by atoms with Crippen LogP contribution in [0.3, 0.4) is 0 Å². The van der Waals surface area contributed by atoms with Gasteiger partial charge in [0.15, 0.2) is 0 Å². The molecule has 2 amide bonds. The van der Waals surface area contributed by atoms with Crippen molar-refractivity contribution in [1.29, 1.82) is 0 Å². The van der Waals surface area contributed by atoms with Gasteiger partial charge in [0.25, 0.3) is 0 Å². The molecule has 0 N–H and O–H groups in total. The summed E-state index contributed by atoms with van der Waals surface area (Å²) in [5.41, 5.74) is 0.486. The first-order valence-corrected chi connectivity index (χ1v) is 7.06. The van der Waals surface area contributed by atoms with E-state index in [1.165, 1.54) is 11.8 Å². The summed E-state index contributed by atoms with van der Waals surface area (Å²) in [5, 5.41) is 0. The Balaban J connectivity index is 1.62. The molecular formula is C16H13NO5. The summed E-state index contributed by atoms with van der Waals surface area (Å²) >= 11 is 0. The molecule has 0 saturated carbocycles. The minimum absolute atomic E-state index is 0.230. The Labute approximate surface area is 126 Å². The molecule has 0 spiro atoms. The SMILES string of the molecule is CC(=O)Oc1ccc(N2C(=O)[C@@H]3[C@H](C2=O)[C@H]2C=C[C@@H]3O2)cc1. The van der Waals surface area contributed by atoms with Gasteiger partial charge in [-0.1, -0.05) is 12.2 Å². The zero-order chi connectivity index (χ0) is 15.4. The number of carbonyl (C=O) groups is 3. The summed E-state index contributed by atoms with van der Waals surface area (Å²) in [5.74, 6) is -1.35. The number of imide groups is 1. The maximum absolute atomic E-state index is 12.6. The number of benzene rings is 1. The number of anilines is 1. The Morgan fingerprint density at radius 3 is 2.09 bits per heavy atom. The van der Waals surface area contributed by atoms with E-state index >= 15 is 0 Å². The standard InChI is InChI=1S/C16H13NO5/c1-8(18)21-10-4-2-9(3-5-10)17-15(19)13-11-6-7-12(22-11)14(13)16(17)20/h2-7,11-14H,1H3/t11-,12+,13-,14+. The lowest BCUT2D eigenvalue weighted by Gasteiger charge is -2.17. The van der Waals surface area contributed by atoms with Crippen LogP contribution in [0.2, 0.25) is 0 Å². The third-order valence-electron chi connectivity index (χ3n) is 4.27. The fourth-order valence-corrected chi connectivity index (χ4v) is 3.39. The van der Waals surface area contributed by atoms with Gasteiger partial charge in [-0.05, 0) is 24.3 Å². The topological polar surface area (TPSA) is 72.9 Å². The van der Waals surface area contributed by atoms with Crippen LogP contribution in [-0.2, 0) is 19.1 Å². The Hall–Kier alpha value is -2.47. The van der Waals surface area contributed by atoms with Crippen molar-refractivity contribution in [3.8, 4) is 5.75 Å². The van der Waals surface area contributed by atoms with Crippen molar-refractivity contribution in [2.24, 2.45) is 11.8 Å². The summed E-state index contributed by atoms with van der Waals surface area (Å²) in [7, 11) is 0.